The van der Waals surface area contributed by atoms with Crippen molar-refractivity contribution in [3.05, 3.63) is 65.7 Å². The number of rotatable bonds is 8. The van der Waals surface area contributed by atoms with Crippen LogP contribution in [0.4, 0.5) is 0 Å². The summed E-state index contributed by atoms with van der Waals surface area (Å²) in [5.74, 6) is 0.0641. The van der Waals surface area contributed by atoms with E-state index in [9.17, 15) is 13.2 Å². The van der Waals surface area contributed by atoms with Crippen molar-refractivity contribution in [2.75, 3.05) is 13.1 Å². The lowest BCUT2D eigenvalue weighted by molar-refractivity contribution is 0.0949. The molecule has 0 fully saturated rings. The Labute approximate surface area is 156 Å². The number of benzene rings is 2. The third kappa shape index (κ3) is 5.16. The monoisotopic (exact) mass is 374 g/mol. The average molecular weight is 375 g/mol. The van der Waals surface area contributed by atoms with Crippen LogP contribution >= 0.6 is 0 Å². The molecule has 0 aliphatic carbocycles. The summed E-state index contributed by atoms with van der Waals surface area (Å²) in [5.41, 5.74) is 1.27. The van der Waals surface area contributed by atoms with Crippen LogP contribution in [-0.2, 0) is 16.6 Å². The molecule has 5 nitrogen and oxygen atoms in total. The molecule has 2 aromatic carbocycles. The normalized spacial score (nSPS) is 11.7. The summed E-state index contributed by atoms with van der Waals surface area (Å²) in [4.78, 5) is 12.4. The topological polar surface area (TPSA) is 66.5 Å². The van der Waals surface area contributed by atoms with Gasteiger partial charge >= 0.3 is 0 Å². The van der Waals surface area contributed by atoms with E-state index in [0.29, 0.717) is 31.1 Å². The molecule has 0 saturated carbocycles. The minimum atomic E-state index is -3.68. The third-order valence-corrected chi connectivity index (χ3v) is 5.88. The van der Waals surface area contributed by atoms with Gasteiger partial charge in [0, 0.05) is 25.2 Å². The van der Waals surface area contributed by atoms with E-state index >= 15 is 0 Å². The van der Waals surface area contributed by atoms with Crippen molar-refractivity contribution in [3.63, 3.8) is 0 Å². The molecule has 26 heavy (non-hydrogen) atoms. The lowest BCUT2D eigenvalue weighted by Gasteiger charge is -2.21. The second-order valence-electron chi connectivity index (χ2n) is 6.55. The number of carbonyl (C=O) groups excluding carboxylic acids is 1. The van der Waals surface area contributed by atoms with E-state index in [4.69, 9.17) is 0 Å². The van der Waals surface area contributed by atoms with E-state index < -0.39 is 10.0 Å². The summed E-state index contributed by atoms with van der Waals surface area (Å²) in [7, 11) is -3.68. The quantitative estimate of drug-likeness (QED) is 0.771. The van der Waals surface area contributed by atoms with E-state index in [1.54, 1.807) is 19.1 Å². The van der Waals surface area contributed by atoms with Crippen molar-refractivity contribution in [1.29, 1.82) is 0 Å². The number of nitrogens with one attached hydrogen (secondary N) is 1. The molecule has 140 valence electrons. The predicted octanol–water partition coefficient (Wildman–Crippen LogP) is 3.28. The summed E-state index contributed by atoms with van der Waals surface area (Å²) >= 11 is 0. The summed E-state index contributed by atoms with van der Waals surface area (Å²) in [6.07, 6.45) is 0. The molecule has 0 bridgehead atoms. The van der Waals surface area contributed by atoms with E-state index in [1.165, 1.54) is 16.4 Å². The highest BCUT2D eigenvalue weighted by Gasteiger charge is 2.24. The van der Waals surface area contributed by atoms with Gasteiger partial charge in [-0.05, 0) is 29.7 Å². The van der Waals surface area contributed by atoms with E-state index in [-0.39, 0.29) is 10.8 Å². The zero-order valence-corrected chi connectivity index (χ0v) is 16.3. The Morgan fingerprint density at radius 2 is 1.77 bits per heavy atom. The molecule has 6 heteroatoms. The first kappa shape index (κ1) is 20.1. The molecule has 0 spiro atoms. The number of nitrogens with zero attached hydrogens (tertiary/aromatic N) is 1. The van der Waals surface area contributed by atoms with Crippen molar-refractivity contribution in [1.82, 2.24) is 9.62 Å². The van der Waals surface area contributed by atoms with Gasteiger partial charge in [-0.1, -0.05) is 57.2 Å². The van der Waals surface area contributed by atoms with Gasteiger partial charge in [-0.15, -0.1) is 0 Å². The van der Waals surface area contributed by atoms with Crippen molar-refractivity contribution < 1.29 is 13.2 Å². The summed E-state index contributed by atoms with van der Waals surface area (Å²) in [6, 6.07) is 15.7. The summed E-state index contributed by atoms with van der Waals surface area (Å²) in [6.45, 7) is 7.00. The number of hydrogen-bond donors (Lipinski definition) is 1. The standard InChI is InChI=1S/C20H26N2O3S/c1-4-22(15-17-9-6-5-7-10-17)26(24,25)19-12-8-11-18(13-19)20(23)21-14-16(2)3/h5-13,16H,4,14-15H2,1-3H3,(H,21,23). The fourth-order valence-corrected chi connectivity index (χ4v) is 3.98. The second kappa shape index (κ2) is 8.96. The molecule has 2 rings (SSSR count). The molecule has 0 saturated heterocycles. The van der Waals surface area contributed by atoms with Crippen LogP contribution in [0.15, 0.2) is 59.5 Å². The lowest BCUT2D eigenvalue weighted by Crippen LogP contribution is -2.31. The second-order valence-corrected chi connectivity index (χ2v) is 8.49. The molecule has 0 unspecified atom stereocenters. The number of carbonyl (C=O) groups is 1. The van der Waals surface area contributed by atoms with Crippen LogP contribution in [0.25, 0.3) is 0 Å². The van der Waals surface area contributed by atoms with Crippen LogP contribution in [0, 0.1) is 5.92 Å². The molecule has 1 amide bonds. The van der Waals surface area contributed by atoms with Crippen LogP contribution < -0.4 is 5.32 Å². The molecule has 1 N–H and O–H groups in total. The highest BCUT2D eigenvalue weighted by molar-refractivity contribution is 7.89. The fourth-order valence-electron chi connectivity index (χ4n) is 2.50. The highest BCUT2D eigenvalue weighted by Crippen LogP contribution is 2.19. The van der Waals surface area contributed by atoms with Gasteiger partial charge in [0.05, 0.1) is 4.90 Å². The SMILES string of the molecule is CCN(Cc1ccccc1)S(=O)(=O)c1cccc(C(=O)NCC(C)C)c1. The minimum absolute atomic E-state index is 0.132. The summed E-state index contributed by atoms with van der Waals surface area (Å²) < 4.78 is 27.4. The zero-order chi connectivity index (χ0) is 19.2. The van der Waals surface area contributed by atoms with Gasteiger partial charge in [-0.25, -0.2) is 8.42 Å². The van der Waals surface area contributed by atoms with Crippen molar-refractivity contribution in [3.8, 4) is 0 Å². The number of amides is 1. The predicted molar refractivity (Wildman–Crippen MR) is 103 cm³/mol. The first-order valence-corrected chi connectivity index (χ1v) is 10.2. The Morgan fingerprint density at radius 1 is 1.08 bits per heavy atom. The first-order valence-electron chi connectivity index (χ1n) is 8.77. The lowest BCUT2D eigenvalue weighted by atomic mass is 10.2. The van der Waals surface area contributed by atoms with Crippen molar-refractivity contribution in [2.45, 2.75) is 32.2 Å². The number of sulfonamides is 1. The Balaban J connectivity index is 2.24. The maximum Gasteiger partial charge on any atom is 0.251 e. The first-order chi connectivity index (χ1) is 12.3. The van der Waals surface area contributed by atoms with Gasteiger partial charge in [0.1, 0.15) is 0 Å². The van der Waals surface area contributed by atoms with E-state index in [2.05, 4.69) is 5.32 Å². The Hall–Kier alpha value is -2.18. The fraction of sp³-hybridized carbons (Fsp3) is 0.350. The summed E-state index contributed by atoms with van der Waals surface area (Å²) in [5, 5.41) is 2.81. The maximum atomic E-state index is 13.0. The molecule has 0 aliphatic rings. The molecule has 0 radical (unpaired) electrons. The van der Waals surface area contributed by atoms with Crippen LogP contribution in [0.3, 0.4) is 0 Å². The zero-order valence-electron chi connectivity index (χ0n) is 15.5. The number of hydrogen-bond acceptors (Lipinski definition) is 3. The van der Waals surface area contributed by atoms with E-state index in [1.807, 2.05) is 44.2 Å². The Kier molecular flexibility index (Phi) is 6.94. The maximum absolute atomic E-state index is 13.0. The highest BCUT2D eigenvalue weighted by atomic mass is 32.2. The molecule has 0 heterocycles. The van der Waals surface area contributed by atoms with Gasteiger partial charge in [0.25, 0.3) is 5.91 Å². The Morgan fingerprint density at radius 3 is 2.38 bits per heavy atom. The van der Waals surface area contributed by atoms with Crippen LogP contribution in [0.5, 0.6) is 0 Å². The van der Waals surface area contributed by atoms with Gasteiger partial charge in [-0.2, -0.15) is 4.31 Å². The Bertz CT molecular complexity index is 833. The largest absolute Gasteiger partial charge is 0.352 e. The van der Waals surface area contributed by atoms with Crippen molar-refractivity contribution in [2.24, 2.45) is 5.92 Å². The van der Waals surface area contributed by atoms with E-state index in [0.717, 1.165) is 5.56 Å². The molecule has 0 aromatic heterocycles. The third-order valence-electron chi connectivity index (χ3n) is 3.96. The van der Waals surface area contributed by atoms with Gasteiger partial charge in [0.15, 0.2) is 0 Å². The van der Waals surface area contributed by atoms with Crippen molar-refractivity contribution >= 4 is 15.9 Å². The molecular weight excluding hydrogens is 348 g/mol. The van der Waals surface area contributed by atoms with Gasteiger partial charge in [-0.3, -0.25) is 4.79 Å². The molecular formula is C20H26N2O3S. The smallest absolute Gasteiger partial charge is 0.251 e. The van der Waals surface area contributed by atoms with Crippen LogP contribution in [0.2, 0.25) is 0 Å². The van der Waals surface area contributed by atoms with Gasteiger partial charge in [0.2, 0.25) is 10.0 Å². The average Bonchev–Trinajstić information content (AvgIpc) is 2.64. The van der Waals surface area contributed by atoms with Crippen LogP contribution in [0.1, 0.15) is 36.7 Å². The minimum Gasteiger partial charge on any atom is -0.352 e. The van der Waals surface area contributed by atoms with Crippen LogP contribution in [-0.4, -0.2) is 31.7 Å². The molecule has 0 atom stereocenters. The van der Waals surface area contributed by atoms with Gasteiger partial charge < -0.3 is 5.32 Å². The molecule has 2 aromatic rings. The molecule has 0 aliphatic heterocycles.